The Bertz CT molecular complexity index is 971. The Morgan fingerprint density at radius 2 is 2.15 bits per heavy atom. The minimum absolute atomic E-state index is 0.0632. The summed E-state index contributed by atoms with van der Waals surface area (Å²) in [5, 5.41) is 24.7. The molecule has 2 aromatic heterocycles. The Kier molecular flexibility index (Phi) is 5.60. The number of rotatable bonds is 7. The number of hydrogen-bond acceptors (Lipinski definition) is 6. The summed E-state index contributed by atoms with van der Waals surface area (Å²) in [5.41, 5.74) is 0.638. The third-order valence-corrected chi connectivity index (χ3v) is 4.86. The van der Waals surface area contributed by atoms with E-state index < -0.39 is 4.92 Å². The topological polar surface area (TPSA) is 91.7 Å². The van der Waals surface area contributed by atoms with Crippen LogP contribution in [-0.2, 0) is 12.4 Å². The van der Waals surface area contributed by atoms with Crippen LogP contribution in [0, 0.1) is 10.1 Å². The predicted octanol–water partition coefficient (Wildman–Crippen LogP) is 4.29. The molecule has 0 unspecified atom stereocenters. The number of allylic oxidation sites excluding steroid dienone is 1. The lowest BCUT2D eigenvalue weighted by molar-refractivity contribution is -0.385. The van der Waals surface area contributed by atoms with Crippen LogP contribution in [0.25, 0.3) is 11.4 Å². The third-order valence-electron chi connectivity index (χ3n) is 3.36. The van der Waals surface area contributed by atoms with Crippen LogP contribution in [-0.4, -0.2) is 29.5 Å². The average Bonchev–Trinajstić information content (AvgIpc) is 3.21. The van der Waals surface area contributed by atoms with Crippen LogP contribution in [0.15, 0.2) is 48.4 Å². The van der Waals surface area contributed by atoms with Gasteiger partial charge < -0.3 is 0 Å². The molecule has 3 aromatic rings. The van der Waals surface area contributed by atoms with E-state index in [0.29, 0.717) is 39.0 Å². The molecule has 0 saturated heterocycles. The quantitative estimate of drug-likeness (QED) is 0.249. The van der Waals surface area contributed by atoms with Crippen LogP contribution in [0.2, 0.25) is 10.0 Å². The highest BCUT2D eigenvalue weighted by Gasteiger charge is 2.17. The van der Waals surface area contributed by atoms with Crippen molar-refractivity contribution in [1.82, 2.24) is 24.5 Å². The molecule has 0 amide bonds. The lowest BCUT2D eigenvalue weighted by atomic mass is 10.2. The SMILES string of the molecule is C=CCn1c(SCn2cc([N+](=O)[O-])cn2)nnc1-c1ccc(Cl)cc1Cl. The summed E-state index contributed by atoms with van der Waals surface area (Å²) < 4.78 is 3.31. The summed E-state index contributed by atoms with van der Waals surface area (Å²) in [5.74, 6) is 0.929. The molecule has 3 rings (SSSR count). The first-order valence-corrected chi connectivity index (χ1v) is 9.03. The van der Waals surface area contributed by atoms with Gasteiger partial charge >= 0.3 is 5.69 Å². The van der Waals surface area contributed by atoms with Gasteiger partial charge in [0.05, 0.1) is 15.8 Å². The minimum atomic E-state index is -0.491. The van der Waals surface area contributed by atoms with E-state index >= 15 is 0 Å². The lowest BCUT2D eigenvalue weighted by Gasteiger charge is -2.09. The first kappa shape index (κ1) is 18.4. The van der Waals surface area contributed by atoms with Gasteiger partial charge in [0, 0.05) is 17.1 Å². The van der Waals surface area contributed by atoms with Crippen molar-refractivity contribution in [3.63, 3.8) is 0 Å². The number of nitro groups is 1. The Labute approximate surface area is 162 Å². The van der Waals surface area contributed by atoms with Crippen molar-refractivity contribution < 1.29 is 4.92 Å². The fraction of sp³-hybridized carbons (Fsp3) is 0.133. The van der Waals surface area contributed by atoms with Gasteiger partial charge in [0.1, 0.15) is 12.4 Å². The van der Waals surface area contributed by atoms with Gasteiger partial charge in [-0.15, -0.1) is 16.8 Å². The minimum Gasteiger partial charge on any atom is -0.298 e. The zero-order chi connectivity index (χ0) is 18.7. The molecule has 26 heavy (non-hydrogen) atoms. The molecule has 1 aromatic carbocycles. The largest absolute Gasteiger partial charge is 0.307 e. The maximum absolute atomic E-state index is 10.7. The lowest BCUT2D eigenvalue weighted by Crippen LogP contribution is -2.02. The first-order chi connectivity index (χ1) is 12.5. The monoisotopic (exact) mass is 410 g/mol. The highest BCUT2D eigenvalue weighted by Crippen LogP contribution is 2.31. The fourth-order valence-electron chi connectivity index (χ4n) is 2.20. The Morgan fingerprint density at radius 1 is 1.35 bits per heavy atom. The van der Waals surface area contributed by atoms with E-state index in [9.17, 15) is 10.1 Å². The maximum Gasteiger partial charge on any atom is 0.307 e. The molecule has 8 nitrogen and oxygen atoms in total. The maximum atomic E-state index is 10.7. The number of benzene rings is 1. The van der Waals surface area contributed by atoms with Crippen LogP contribution in [0.5, 0.6) is 0 Å². The Hall–Kier alpha value is -2.36. The van der Waals surface area contributed by atoms with Crippen LogP contribution in [0.1, 0.15) is 0 Å². The molecule has 0 bridgehead atoms. The number of nitrogens with zero attached hydrogens (tertiary/aromatic N) is 6. The molecule has 0 atom stereocenters. The standard InChI is InChI=1S/C15H12Cl2N6O2S/c1-2-5-22-14(12-4-3-10(16)6-13(12)17)19-20-15(22)26-9-21-8-11(7-18-21)23(24)25/h2-4,6-8H,1,5,9H2. The third kappa shape index (κ3) is 3.90. The molecule has 0 radical (unpaired) electrons. The zero-order valence-electron chi connectivity index (χ0n) is 13.2. The van der Waals surface area contributed by atoms with Gasteiger partial charge in [0.2, 0.25) is 0 Å². The summed E-state index contributed by atoms with van der Waals surface area (Å²) in [4.78, 5) is 10.2. The van der Waals surface area contributed by atoms with Crippen molar-refractivity contribution in [3.05, 3.63) is 63.4 Å². The first-order valence-electron chi connectivity index (χ1n) is 7.28. The second-order valence-electron chi connectivity index (χ2n) is 5.10. The summed E-state index contributed by atoms with van der Waals surface area (Å²) in [7, 11) is 0. The average molecular weight is 411 g/mol. The van der Waals surface area contributed by atoms with Gasteiger partial charge in [-0.2, -0.15) is 5.10 Å². The van der Waals surface area contributed by atoms with Gasteiger partial charge in [-0.05, 0) is 18.2 Å². The van der Waals surface area contributed by atoms with Crippen molar-refractivity contribution in [2.24, 2.45) is 0 Å². The molecule has 0 aliphatic rings. The van der Waals surface area contributed by atoms with E-state index in [0.717, 1.165) is 0 Å². The number of halogens is 2. The highest BCUT2D eigenvalue weighted by atomic mass is 35.5. The summed E-state index contributed by atoms with van der Waals surface area (Å²) in [6.45, 7) is 4.23. The summed E-state index contributed by atoms with van der Waals surface area (Å²) in [6, 6.07) is 5.14. The second kappa shape index (κ2) is 7.90. The normalized spacial score (nSPS) is 10.8. The number of thioether (sulfide) groups is 1. The van der Waals surface area contributed by atoms with Gasteiger partial charge in [0.15, 0.2) is 11.0 Å². The molecule has 2 heterocycles. The Morgan fingerprint density at radius 3 is 2.81 bits per heavy atom. The van der Waals surface area contributed by atoms with E-state index in [1.54, 1.807) is 24.3 Å². The van der Waals surface area contributed by atoms with E-state index in [-0.39, 0.29) is 5.69 Å². The van der Waals surface area contributed by atoms with Crippen molar-refractivity contribution in [1.29, 1.82) is 0 Å². The number of hydrogen-bond donors (Lipinski definition) is 0. The summed E-state index contributed by atoms with van der Waals surface area (Å²) >= 11 is 13.6. The van der Waals surface area contributed by atoms with E-state index in [1.165, 1.54) is 28.8 Å². The van der Waals surface area contributed by atoms with Crippen LogP contribution in [0.3, 0.4) is 0 Å². The van der Waals surface area contributed by atoms with E-state index in [4.69, 9.17) is 23.2 Å². The van der Waals surface area contributed by atoms with Gasteiger partial charge in [-0.3, -0.25) is 19.4 Å². The fourth-order valence-corrected chi connectivity index (χ4v) is 3.50. The smallest absolute Gasteiger partial charge is 0.298 e. The highest BCUT2D eigenvalue weighted by molar-refractivity contribution is 7.98. The van der Waals surface area contributed by atoms with Gasteiger partial charge in [-0.25, -0.2) is 0 Å². The second-order valence-corrected chi connectivity index (χ2v) is 6.85. The van der Waals surface area contributed by atoms with Crippen molar-refractivity contribution in [3.8, 4) is 11.4 Å². The van der Waals surface area contributed by atoms with Crippen molar-refractivity contribution in [2.45, 2.75) is 17.6 Å². The number of aromatic nitrogens is 5. The molecular weight excluding hydrogens is 399 g/mol. The molecule has 0 fully saturated rings. The molecule has 0 saturated carbocycles. The zero-order valence-corrected chi connectivity index (χ0v) is 15.6. The molecule has 134 valence electrons. The molecule has 0 N–H and O–H groups in total. The molecule has 11 heteroatoms. The van der Waals surface area contributed by atoms with Crippen LogP contribution in [0.4, 0.5) is 5.69 Å². The molecule has 0 aliphatic carbocycles. The Balaban J connectivity index is 1.86. The predicted molar refractivity (Wildman–Crippen MR) is 100 cm³/mol. The molecular formula is C15H12Cl2N6O2S. The van der Waals surface area contributed by atoms with Gasteiger partial charge in [0.25, 0.3) is 0 Å². The molecule has 0 spiro atoms. The molecule has 0 aliphatic heterocycles. The van der Waals surface area contributed by atoms with Crippen molar-refractivity contribution >= 4 is 40.7 Å². The van der Waals surface area contributed by atoms with E-state index in [2.05, 4.69) is 21.9 Å². The van der Waals surface area contributed by atoms with Gasteiger partial charge in [-0.1, -0.05) is 41.0 Å². The van der Waals surface area contributed by atoms with Crippen LogP contribution < -0.4 is 0 Å². The summed E-state index contributed by atoms with van der Waals surface area (Å²) in [6.07, 6.45) is 4.28. The van der Waals surface area contributed by atoms with Crippen LogP contribution >= 0.6 is 35.0 Å². The van der Waals surface area contributed by atoms with E-state index in [1.807, 2.05) is 4.57 Å². The van der Waals surface area contributed by atoms with Crippen molar-refractivity contribution in [2.75, 3.05) is 0 Å².